The van der Waals surface area contributed by atoms with Crippen LogP contribution < -0.4 is 10.1 Å². The van der Waals surface area contributed by atoms with Crippen molar-refractivity contribution in [2.75, 3.05) is 12.4 Å². The Hall–Kier alpha value is -3.34. The maximum atomic E-state index is 5.18. The molecule has 2 aromatic carbocycles. The van der Waals surface area contributed by atoms with E-state index in [1.54, 1.807) is 13.3 Å². The van der Waals surface area contributed by atoms with Crippen molar-refractivity contribution < 1.29 is 4.74 Å². The summed E-state index contributed by atoms with van der Waals surface area (Å²) < 4.78 is 5.18. The smallest absolute Gasteiger partial charge is 0.158 e. The molecule has 0 spiro atoms. The van der Waals surface area contributed by atoms with Gasteiger partial charge in [-0.15, -0.1) is 0 Å². The van der Waals surface area contributed by atoms with Crippen LogP contribution in [0.5, 0.6) is 5.75 Å². The predicted molar refractivity (Wildman–Crippen MR) is 95.6 cm³/mol. The van der Waals surface area contributed by atoms with Crippen molar-refractivity contribution >= 4 is 22.5 Å². The number of nitrogens with zero attached hydrogens (tertiary/aromatic N) is 2. The number of methoxy groups -OCH3 is 1. The zero-order valence-corrected chi connectivity index (χ0v) is 13.2. The second kappa shape index (κ2) is 6.04. The molecular formula is C19H16N4O. The first-order chi connectivity index (χ1) is 11.8. The third-order valence-corrected chi connectivity index (χ3v) is 3.80. The SMILES string of the molecule is COc1ccc(Nc2nccc3[nH]c(-c4ccccc4)nc23)cc1. The summed E-state index contributed by atoms with van der Waals surface area (Å²) in [5, 5.41) is 3.31. The Labute approximate surface area is 139 Å². The number of anilines is 2. The van der Waals surface area contributed by atoms with Crippen LogP contribution in [0.4, 0.5) is 11.5 Å². The maximum absolute atomic E-state index is 5.18. The van der Waals surface area contributed by atoms with Gasteiger partial charge in [-0.25, -0.2) is 9.97 Å². The van der Waals surface area contributed by atoms with Crippen LogP contribution in [-0.4, -0.2) is 22.1 Å². The fourth-order valence-electron chi connectivity index (χ4n) is 2.57. The van der Waals surface area contributed by atoms with Gasteiger partial charge in [-0.1, -0.05) is 30.3 Å². The summed E-state index contributed by atoms with van der Waals surface area (Å²) in [6, 6.07) is 19.7. The Kier molecular flexibility index (Phi) is 3.59. The third-order valence-electron chi connectivity index (χ3n) is 3.80. The van der Waals surface area contributed by atoms with E-state index in [9.17, 15) is 0 Å². The largest absolute Gasteiger partial charge is 0.497 e. The summed E-state index contributed by atoms with van der Waals surface area (Å²) in [5.74, 6) is 2.37. The van der Waals surface area contributed by atoms with Gasteiger partial charge >= 0.3 is 0 Å². The van der Waals surface area contributed by atoms with Crippen molar-refractivity contribution in [3.8, 4) is 17.1 Å². The number of hydrogen-bond donors (Lipinski definition) is 2. The maximum Gasteiger partial charge on any atom is 0.158 e. The highest BCUT2D eigenvalue weighted by atomic mass is 16.5. The van der Waals surface area contributed by atoms with Gasteiger partial charge in [0.25, 0.3) is 0 Å². The number of pyridine rings is 1. The molecule has 2 N–H and O–H groups in total. The highest BCUT2D eigenvalue weighted by molar-refractivity contribution is 5.89. The van der Waals surface area contributed by atoms with Gasteiger partial charge in [0.05, 0.1) is 12.6 Å². The summed E-state index contributed by atoms with van der Waals surface area (Å²) in [7, 11) is 1.65. The van der Waals surface area contributed by atoms with Crippen LogP contribution in [0.25, 0.3) is 22.4 Å². The third kappa shape index (κ3) is 2.67. The number of ether oxygens (including phenoxy) is 1. The minimum Gasteiger partial charge on any atom is -0.497 e. The fourth-order valence-corrected chi connectivity index (χ4v) is 2.57. The lowest BCUT2D eigenvalue weighted by Crippen LogP contribution is -1.94. The molecule has 0 fully saturated rings. The molecule has 0 aliphatic heterocycles. The minimum absolute atomic E-state index is 0.719. The van der Waals surface area contributed by atoms with Crippen molar-refractivity contribution in [1.29, 1.82) is 0 Å². The van der Waals surface area contributed by atoms with E-state index < -0.39 is 0 Å². The lowest BCUT2D eigenvalue weighted by molar-refractivity contribution is 0.415. The molecule has 4 aromatic rings. The van der Waals surface area contributed by atoms with Crippen molar-refractivity contribution in [3.05, 3.63) is 66.9 Å². The van der Waals surface area contributed by atoms with E-state index in [-0.39, 0.29) is 0 Å². The summed E-state index contributed by atoms with van der Waals surface area (Å²) in [4.78, 5) is 12.5. The van der Waals surface area contributed by atoms with E-state index in [1.807, 2.05) is 60.7 Å². The van der Waals surface area contributed by atoms with Gasteiger partial charge in [-0.2, -0.15) is 0 Å². The number of fused-ring (bicyclic) bond motifs is 1. The number of hydrogen-bond acceptors (Lipinski definition) is 4. The molecule has 5 heteroatoms. The Morgan fingerprint density at radius 2 is 1.75 bits per heavy atom. The molecule has 0 aliphatic carbocycles. The number of H-pyrrole nitrogens is 1. The second-order valence-corrected chi connectivity index (χ2v) is 5.36. The zero-order chi connectivity index (χ0) is 16.4. The minimum atomic E-state index is 0.719. The normalized spacial score (nSPS) is 10.7. The highest BCUT2D eigenvalue weighted by Crippen LogP contribution is 2.26. The number of aromatic amines is 1. The molecule has 5 nitrogen and oxygen atoms in total. The molecule has 4 rings (SSSR count). The average molecular weight is 316 g/mol. The quantitative estimate of drug-likeness (QED) is 0.586. The first kappa shape index (κ1) is 14.3. The lowest BCUT2D eigenvalue weighted by atomic mass is 10.2. The molecule has 0 unspecified atom stereocenters. The summed E-state index contributed by atoms with van der Waals surface area (Å²) >= 11 is 0. The van der Waals surface area contributed by atoms with Gasteiger partial charge in [-0.05, 0) is 30.3 Å². The van der Waals surface area contributed by atoms with Crippen LogP contribution in [0.15, 0.2) is 66.9 Å². The van der Waals surface area contributed by atoms with Gasteiger partial charge < -0.3 is 15.0 Å². The molecular weight excluding hydrogens is 300 g/mol. The lowest BCUT2D eigenvalue weighted by Gasteiger charge is -2.06. The topological polar surface area (TPSA) is 62.8 Å². The molecule has 0 aliphatic rings. The number of nitrogens with one attached hydrogen (secondary N) is 2. The average Bonchev–Trinajstić information content (AvgIpc) is 3.08. The number of benzene rings is 2. The second-order valence-electron chi connectivity index (χ2n) is 5.36. The molecule has 0 saturated heterocycles. The Morgan fingerprint density at radius 1 is 0.958 bits per heavy atom. The molecule has 0 bridgehead atoms. The number of aromatic nitrogens is 3. The van der Waals surface area contributed by atoms with Gasteiger partial charge in [0, 0.05) is 17.4 Å². The van der Waals surface area contributed by atoms with E-state index in [0.717, 1.165) is 39.7 Å². The molecule has 0 saturated carbocycles. The van der Waals surface area contributed by atoms with Crippen LogP contribution in [0.2, 0.25) is 0 Å². The number of imidazole rings is 1. The van der Waals surface area contributed by atoms with Gasteiger partial charge in [0.15, 0.2) is 5.82 Å². The molecule has 24 heavy (non-hydrogen) atoms. The van der Waals surface area contributed by atoms with E-state index in [2.05, 4.69) is 15.3 Å². The number of rotatable bonds is 4. The first-order valence-corrected chi connectivity index (χ1v) is 7.65. The Balaban J connectivity index is 1.71. The molecule has 118 valence electrons. The van der Waals surface area contributed by atoms with E-state index in [0.29, 0.717) is 0 Å². The summed E-state index contributed by atoms with van der Waals surface area (Å²) in [6.07, 6.45) is 1.77. The monoisotopic (exact) mass is 316 g/mol. The highest BCUT2D eigenvalue weighted by Gasteiger charge is 2.10. The van der Waals surface area contributed by atoms with E-state index in [1.165, 1.54) is 0 Å². The van der Waals surface area contributed by atoms with E-state index in [4.69, 9.17) is 9.72 Å². The van der Waals surface area contributed by atoms with E-state index >= 15 is 0 Å². The molecule has 0 amide bonds. The van der Waals surface area contributed by atoms with Crippen molar-refractivity contribution in [3.63, 3.8) is 0 Å². The Bertz CT molecular complexity index is 962. The van der Waals surface area contributed by atoms with Crippen molar-refractivity contribution in [1.82, 2.24) is 15.0 Å². The van der Waals surface area contributed by atoms with Crippen LogP contribution >= 0.6 is 0 Å². The fraction of sp³-hybridized carbons (Fsp3) is 0.0526. The predicted octanol–water partition coefficient (Wildman–Crippen LogP) is 4.38. The van der Waals surface area contributed by atoms with Crippen LogP contribution in [0.3, 0.4) is 0 Å². The van der Waals surface area contributed by atoms with Crippen molar-refractivity contribution in [2.24, 2.45) is 0 Å². The molecule has 0 atom stereocenters. The van der Waals surface area contributed by atoms with Crippen molar-refractivity contribution in [2.45, 2.75) is 0 Å². The van der Waals surface area contributed by atoms with Crippen LogP contribution in [0.1, 0.15) is 0 Å². The summed E-state index contributed by atoms with van der Waals surface area (Å²) in [5.41, 5.74) is 3.73. The standard InChI is InChI=1S/C19H16N4O/c1-24-15-9-7-14(8-10-15)21-19-17-16(11-12-20-19)22-18(23-17)13-5-3-2-4-6-13/h2-12H,1H3,(H,20,21)(H,22,23). The first-order valence-electron chi connectivity index (χ1n) is 7.65. The van der Waals surface area contributed by atoms with Gasteiger partial charge in [0.2, 0.25) is 0 Å². The molecule has 0 radical (unpaired) electrons. The summed E-state index contributed by atoms with van der Waals surface area (Å²) in [6.45, 7) is 0. The van der Waals surface area contributed by atoms with Gasteiger partial charge in [0.1, 0.15) is 17.1 Å². The van der Waals surface area contributed by atoms with Crippen LogP contribution in [0, 0.1) is 0 Å². The zero-order valence-electron chi connectivity index (χ0n) is 13.2. The van der Waals surface area contributed by atoms with Gasteiger partial charge in [-0.3, -0.25) is 0 Å². The Morgan fingerprint density at radius 3 is 2.50 bits per heavy atom. The van der Waals surface area contributed by atoms with Crippen LogP contribution in [-0.2, 0) is 0 Å². The molecule has 2 heterocycles. The molecule has 2 aromatic heterocycles.